The number of likely N-dealkylation sites (N-methyl/N-ethyl adjacent to an activating group) is 1. The predicted octanol–water partition coefficient (Wildman–Crippen LogP) is -0.463. The van der Waals surface area contributed by atoms with Crippen molar-refractivity contribution in [1.29, 1.82) is 0 Å². The SMILES string of the molecule is C[N]1CCCOCC[N](C)[AlH]1. The van der Waals surface area contributed by atoms with E-state index in [9.17, 15) is 0 Å². The van der Waals surface area contributed by atoms with Crippen molar-refractivity contribution < 1.29 is 4.74 Å². The predicted molar refractivity (Wildman–Crippen MR) is 47.8 cm³/mol. The van der Waals surface area contributed by atoms with Crippen molar-refractivity contribution in [3.63, 3.8) is 0 Å². The zero-order chi connectivity index (χ0) is 8.10. The monoisotopic (exact) mass is 172 g/mol. The third-order valence-corrected chi connectivity index (χ3v) is 3.53. The number of hydrogen-bond acceptors (Lipinski definition) is 3. The molecule has 0 aromatic carbocycles. The van der Waals surface area contributed by atoms with Crippen molar-refractivity contribution in [2.75, 3.05) is 40.4 Å². The molecule has 0 aromatic rings. The first-order valence-electron chi connectivity index (χ1n) is 4.24. The van der Waals surface area contributed by atoms with E-state index in [1.54, 1.807) is 0 Å². The van der Waals surface area contributed by atoms with E-state index in [-0.39, 0.29) is 15.7 Å². The molecule has 3 nitrogen and oxygen atoms in total. The lowest BCUT2D eigenvalue weighted by Gasteiger charge is -2.19. The summed E-state index contributed by atoms with van der Waals surface area (Å²) in [5.41, 5.74) is 0. The lowest BCUT2D eigenvalue weighted by Crippen LogP contribution is -2.38. The van der Waals surface area contributed by atoms with Gasteiger partial charge in [-0.3, -0.25) is 0 Å². The third-order valence-electron chi connectivity index (χ3n) is 1.93. The first-order valence-corrected chi connectivity index (χ1v) is 5.50. The Bertz CT molecular complexity index is 101. The Morgan fingerprint density at radius 2 is 1.82 bits per heavy atom. The van der Waals surface area contributed by atoms with Crippen molar-refractivity contribution >= 4 is 15.7 Å². The van der Waals surface area contributed by atoms with E-state index in [4.69, 9.17) is 4.74 Å². The molecule has 1 aliphatic heterocycles. The maximum atomic E-state index is 5.43. The van der Waals surface area contributed by atoms with Crippen molar-refractivity contribution in [2.45, 2.75) is 6.42 Å². The van der Waals surface area contributed by atoms with Gasteiger partial charge in [-0.1, -0.05) is 0 Å². The van der Waals surface area contributed by atoms with Gasteiger partial charge >= 0.3 is 15.7 Å². The van der Waals surface area contributed by atoms with E-state index in [1.165, 1.54) is 13.0 Å². The summed E-state index contributed by atoms with van der Waals surface area (Å²) in [6.45, 7) is 4.16. The Labute approximate surface area is 75.4 Å². The Morgan fingerprint density at radius 3 is 2.64 bits per heavy atom. The van der Waals surface area contributed by atoms with Gasteiger partial charge in [-0.25, -0.2) is 0 Å². The van der Waals surface area contributed by atoms with E-state index >= 15 is 0 Å². The number of nitrogens with zero attached hydrogens (tertiary/aromatic N) is 2. The van der Waals surface area contributed by atoms with Crippen LogP contribution in [-0.4, -0.2) is 63.8 Å². The Kier molecular flexibility index (Phi) is 4.43. The summed E-state index contributed by atoms with van der Waals surface area (Å²) in [6, 6.07) is 0. The Morgan fingerprint density at radius 1 is 1.09 bits per heavy atom. The molecule has 1 aliphatic rings. The van der Waals surface area contributed by atoms with Gasteiger partial charge in [0.2, 0.25) is 0 Å². The van der Waals surface area contributed by atoms with Crippen LogP contribution in [0.15, 0.2) is 0 Å². The van der Waals surface area contributed by atoms with Gasteiger partial charge in [0.25, 0.3) is 0 Å². The van der Waals surface area contributed by atoms with Crippen LogP contribution in [0.1, 0.15) is 6.42 Å². The second-order valence-electron chi connectivity index (χ2n) is 3.27. The fourth-order valence-corrected chi connectivity index (χ4v) is 2.77. The second kappa shape index (κ2) is 5.13. The van der Waals surface area contributed by atoms with E-state index in [1.807, 2.05) is 0 Å². The van der Waals surface area contributed by atoms with E-state index in [0.717, 1.165) is 19.8 Å². The Hall–Kier alpha value is 0.412. The summed E-state index contributed by atoms with van der Waals surface area (Å²) in [6.07, 6.45) is 1.19. The number of hydrogen-bond donors (Lipinski definition) is 0. The molecule has 0 unspecified atom stereocenters. The van der Waals surface area contributed by atoms with Crippen molar-refractivity contribution in [3.8, 4) is 0 Å². The summed E-state index contributed by atoms with van der Waals surface area (Å²) < 4.78 is 10.3. The molecule has 1 heterocycles. The summed E-state index contributed by atoms with van der Waals surface area (Å²) in [4.78, 5) is 0. The van der Waals surface area contributed by atoms with Crippen LogP contribution in [0, 0.1) is 0 Å². The van der Waals surface area contributed by atoms with Crippen molar-refractivity contribution in [3.05, 3.63) is 0 Å². The van der Waals surface area contributed by atoms with Crippen LogP contribution in [0.3, 0.4) is 0 Å². The van der Waals surface area contributed by atoms with Crippen LogP contribution in [-0.2, 0) is 4.74 Å². The molecule has 1 fully saturated rings. The maximum absolute atomic E-state index is 5.43. The maximum Gasteiger partial charge on any atom is 0.462 e. The van der Waals surface area contributed by atoms with Gasteiger partial charge in [-0.2, -0.15) is 0 Å². The molecule has 0 saturated carbocycles. The van der Waals surface area contributed by atoms with Crippen molar-refractivity contribution in [2.24, 2.45) is 0 Å². The average Bonchev–Trinajstić information content (AvgIpc) is 2.02. The average molecular weight is 172 g/mol. The van der Waals surface area contributed by atoms with E-state index in [2.05, 4.69) is 21.9 Å². The molecular weight excluding hydrogens is 155 g/mol. The van der Waals surface area contributed by atoms with E-state index in [0.29, 0.717) is 0 Å². The lowest BCUT2D eigenvalue weighted by atomic mass is 10.4. The molecule has 0 atom stereocenters. The first-order chi connectivity index (χ1) is 5.29. The molecular formula is C7H17AlN2O. The minimum Gasteiger partial charge on any atom is -0.380 e. The summed E-state index contributed by atoms with van der Waals surface area (Å²) >= 11 is -0.135. The first kappa shape index (κ1) is 9.50. The fraction of sp³-hybridized carbons (Fsp3) is 1.00. The molecule has 0 N–H and O–H groups in total. The summed E-state index contributed by atoms with van der Waals surface area (Å²) in [5.74, 6) is 0. The van der Waals surface area contributed by atoms with Gasteiger partial charge in [0.1, 0.15) is 0 Å². The Balaban J connectivity index is 2.27. The minimum absolute atomic E-state index is 0.135. The van der Waals surface area contributed by atoms with Gasteiger partial charge in [-0.15, -0.1) is 0 Å². The molecule has 0 amide bonds. The molecule has 0 aromatic heterocycles. The highest BCUT2D eigenvalue weighted by Gasteiger charge is 2.10. The largest absolute Gasteiger partial charge is 0.462 e. The zero-order valence-electron chi connectivity index (χ0n) is 7.55. The molecule has 11 heavy (non-hydrogen) atoms. The van der Waals surface area contributed by atoms with E-state index < -0.39 is 0 Å². The van der Waals surface area contributed by atoms with Crippen LogP contribution in [0.2, 0.25) is 0 Å². The standard InChI is InChI=1S/C7H16N2O.Al.H/c1-8-4-3-6-10-7-5-9-2;;/h3-7H2,1-2H3;;/q-2;+2;. The van der Waals surface area contributed by atoms with Gasteiger partial charge in [-0.05, 0) is 27.1 Å². The second-order valence-corrected chi connectivity index (χ2v) is 5.71. The normalized spacial score (nSPS) is 24.9. The minimum atomic E-state index is -0.135. The molecule has 0 spiro atoms. The number of ether oxygens (including phenoxy) is 1. The van der Waals surface area contributed by atoms with Gasteiger partial charge < -0.3 is 12.5 Å². The van der Waals surface area contributed by atoms with Crippen LogP contribution in [0.5, 0.6) is 0 Å². The molecule has 0 aliphatic carbocycles. The van der Waals surface area contributed by atoms with Crippen LogP contribution < -0.4 is 0 Å². The smallest absolute Gasteiger partial charge is 0.380 e. The van der Waals surface area contributed by atoms with Gasteiger partial charge in [0, 0.05) is 13.2 Å². The van der Waals surface area contributed by atoms with Crippen LogP contribution >= 0.6 is 0 Å². The third kappa shape index (κ3) is 4.10. The molecule has 4 heteroatoms. The fourth-order valence-electron chi connectivity index (χ4n) is 1.31. The zero-order valence-corrected chi connectivity index (χ0v) is 8.96. The van der Waals surface area contributed by atoms with Crippen molar-refractivity contribution in [1.82, 2.24) is 7.77 Å². The summed E-state index contributed by atoms with van der Waals surface area (Å²) in [5, 5.41) is 0. The van der Waals surface area contributed by atoms with Crippen LogP contribution in [0.4, 0.5) is 0 Å². The molecule has 0 radical (unpaired) electrons. The number of rotatable bonds is 0. The highest BCUT2D eigenvalue weighted by molar-refractivity contribution is 6.28. The molecule has 0 bridgehead atoms. The molecule has 64 valence electrons. The lowest BCUT2D eigenvalue weighted by molar-refractivity contribution is 0.126. The highest BCUT2D eigenvalue weighted by atomic mass is 27.1. The van der Waals surface area contributed by atoms with Gasteiger partial charge in [0.15, 0.2) is 0 Å². The molecule has 1 rings (SSSR count). The van der Waals surface area contributed by atoms with Crippen LogP contribution in [0.25, 0.3) is 0 Å². The van der Waals surface area contributed by atoms with Gasteiger partial charge in [0.05, 0.1) is 6.61 Å². The molecule has 1 saturated heterocycles. The topological polar surface area (TPSA) is 15.7 Å². The highest BCUT2D eigenvalue weighted by Crippen LogP contribution is 1.93. The summed E-state index contributed by atoms with van der Waals surface area (Å²) in [7, 11) is 4.41. The quantitative estimate of drug-likeness (QED) is 0.460.